The van der Waals surface area contributed by atoms with Gasteiger partial charge in [-0.1, -0.05) is 11.2 Å². The summed E-state index contributed by atoms with van der Waals surface area (Å²) in [5, 5.41) is 6.70. The lowest BCUT2D eigenvalue weighted by atomic mass is 10.1. The fourth-order valence-corrected chi connectivity index (χ4v) is 3.14. The summed E-state index contributed by atoms with van der Waals surface area (Å²) in [6.45, 7) is 8.62. The number of aryl methyl sites for hydroxylation is 2. The highest BCUT2D eigenvalue weighted by Crippen LogP contribution is 2.20. The standard InChI is InChI=1S/C20H26N4O4/c1-4-21-20(26)24-10-8-23(9-11-24)19(25)16-6-5-7-17(12-16)27-13-18-14(2)22-28-15(18)3/h5-7,12H,4,8-11,13H2,1-3H3,(H,21,26). The molecule has 1 N–H and O–H groups in total. The summed E-state index contributed by atoms with van der Waals surface area (Å²) < 4.78 is 11.0. The molecule has 1 aliphatic heterocycles. The first-order valence-electron chi connectivity index (χ1n) is 9.46. The monoisotopic (exact) mass is 386 g/mol. The molecule has 3 amide bonds. The van der Waals surface area contributed by atoms with Gasteiger partial charge < -0.3 is 24.4 Å². The van der Waals surface area contributed by atoms with Crippen molar-refractivity contribution in [2.24, 2.45) is 0 Å². The molecule has 1 fully saturated rings. The minimum Gasteiger partial charge on any atom is -0.489 e. The first kappa shape index (κ1) is 19.7. The SMILES string of the molecule is CCNC(=O)N1CCN(C(=O)c2cccc(OCc3c(C)noc3C)c2)CC1. The molecule has 8 heteroatoms. The number of nitrogens with one attached hydrogen (secondary N) is 1. The molecule has 28 heavy (non-hydrogen) atoms. The Hall–Kier alpha value is -3.03. The van der Waals surface area contributed by atoms with E-state index < -0.39 is 0 Å². The lowest BCUT2D eigenvalue weighted by Gasteiger charge is -2.34. The Morgan fingerprint density at radius 1 is 1.18 bits per heavy atom. The summed E-state index contributed by atoms with van der Waals surface area (Å²) in [5.41, 5.74) is 2.29. The molecular weight excluding hydrogens is 360 g/mol. The fraction of sp³-hybridized carbons (Fsp3) is 0.450. The van der Waals surface area contributed by atoms with Crippen molar-refractivity contribution in [3.63, 3.8) is 0 Å². The second-order valence-corrected chi connectivity index (χ2v) is 6.73. The number of hydrogen-bond acceptors (Lipinski definition) is 5. The van der Waals surface area contributed by atoms with Gasteiger partial charge in [0.05, 0.1) is 11.3 Å². The van der Waals surface area contributed by atoms with Gasteiger partial charge in [0.15, 0.2) is 0 Å². The Balaban J connectivity index is 1.59. The first-order valence-corrected chi connectivity index (χ1v) is 9.46. The highest BCUT2D eigenvalue weighted by molar-refractivity contribution is 5.94. The summed E-state index contributed by atoms with van der Waals surface area (Å²) in [7, 11) is 0. The molecule has 150 valence electrons. The summed E-state index contributed by atoms with van der Waals surface area (Å²) in [6, 6.07) is 7.07. The van der Waals surface area contributed by atoms with Crippen LogP contribution in [0.5, 0.6) is 5.75 Å². The zero-order chi connectivity index (χ0) is 20.1. The van der Waals surface area contributed by atoms with Crippen molar-refractivity contribution < 1.29 is 18.8 Å². The Morgan fingerprint density at radius 3 is 2.54 bits per heavy atom. The van der Waals surface area contributed by atoms with Crippen LogP contribution >= 0.6 is 0 Å². The van der Waals surface area contributed by atoms with Gasteiger partial charge in [0.2, 0.25) is 0 Å². The van der Waals surface area contributed by atoms with Gasteiger partial charge in [0.1, 0.15) is 18.1 Å². The van der Waals surface area contributed by atoms with Crippen molar-refractivity contribution >= 4 is 11.9 Å². The molecule has 8 nitrogen and oxygen atoms in total. The molecule has 0 spiro atoms. The molecule has 0 unspecified atom stereocenters. The van der Waals surface area contributed by atoms with Crippen molar-refractivity contribution in [3.05, 3.63) is 46.8 Å². The van der Waals surface area contributed by atoms with E-state index in [1.165, 1.54) is 0 Å². The predicted octanol–water partition coefficient (Wildman–Crippen LogP) is 2.36. The van der Waals surface area contributed by atoms with Crippen LogP contribution in [0, 0.1) is 13.8 Å². The van der Waals surface area contributed by atoms with E-state index in [4.69, 9.17) is 9.26 Å². The van der Waals surface area contributed by atoms with Gasteiger partial charge in [-0.05, 0) is 39.0 Å². The Bertz CT molecular complexity index is 821. The largest absolute Gasteiger partial charge is 0.489 e. The number of urea groups is 1. The van der Waals surface area contributed by atoms with Crippen molar-refractivity contribution in [1.29, 1.82) is 0 Å². The molecule has 2 heterocycles. The maximum atomic E-state index is 12.8. The average molecular weight is 386 g/mol. The minimum absolute atomic E-state index is 0.0571. The van der Waals surface area contributed by atoms with Crippen molar-refractivity contribution in [1.82, 2.24) is 20.3 Å². The van der Waals surface area contributed by atoms with E-state index in [0.29, 0.717) is 50.6 Å². The van der Waals surface area contributed by atoms with Crippen LogP contribution in [0.4, 0.5) is 4.79 Å². The minimum atomic E-state index is -0.0793. The zero-order valence-electron chi connectivity index (χ0n) is 16.5. The molecule has 0 aliphatic carbocycles. The van der Waals surface area contributed by atoms with Gasteiger partial charge >= 0.3 is 6.03 Å². The Kier molecular flexibility index (Phi) is 6.18. The third-order valence-corrected chi connectivity index (χ3v) is 4.83. The topological polar surface area (TPSA) is 87.9 Å². The highest BCUT2D eigenvalue weighted by Gasteiger charge is 2.24. The number of ether oxygens (including phenoxy) is 1. The number of nitrogens with zero attached hydrogens (tertiary/aromatic N) is 3. The number of piperazine rings is 1. The number of carbonyl (C=O) groups excluding carboxylic acids is 2. The maximum Gasteiger partial charge on any atom is 0.317 e. The van der Waals surface area contributed by atoms with Gasteiger partial charge in [-0.15, -0.1) is 0 Å². The molecular formula is C20H26N4O4. The number of aromatic nitrogens is 1. The van der Waals surface area contributed by atoms with Crippen molar-refractivity contribution in [2.45, 2.75) is 27.4 Å². The van der Waals surface area contributed by atoms with Crippen LogP contribution < -0.4 is 10.1 Å². The molecule has 0 bridgehead atoms. The van der Waals surface area contributed by atoms with Crippen LogP contribution in [-0.2, 0) is 6.61 Å². The second-order valence-electron chi connectivity index (χ2n) is 6.73. The van der Waals surface area contributed by atoms with Crippen LogP contribution in [0.3, 0.4) is 0 Å². The van der Waals surface area contributed by atoms with Crippen LogP contribution in [0.15, 0.2) is 28.8 Å². The third kappa shape index (κ3) is 4.44. The Labute approximate surface area is 164 Å². The van der Waals surface area contributed by atoms with E-state index in [1.54, 1.807) is 28.0 Å². The fourth-order valence-electron chi connectivity index (χ4n) is 3.14. The molecule has 0 saturated carbocycles. The van der Waals surface area contributed by atoms with Gasteiger partial charge in [-0.2, -0.15) is 0 Å². The van der Waals surface area contributed by atoms with Crippen LogP contribution in [0.25, 0.3) is 0 Å². The van der Waals surface area contributed by atoms with Crippen molar-refractivity contribution in [2.75, 3.05) is 32.7 Å². The number of rotatable bonds is 5. The third-order valence-electron chi connectivity index (χ3n) is 4.83. The summed E-state index contributed by atoms with van der Waals surface area (Å²) in [6.07, 6.45) is 0. The smallest absolute Gasteiger partial charge is 0.317 e. The lowest BCUT2D eigenvalue weighted by Crippen LogP contribution is -2.53. The number of benzene rings is 1. The number of amides is 3. The van der Waals surface area contributed by atoms with Gasteiger partial charge in [-0.25, -0.2) is 4.79 Å². The quantitative estimate of drug-likeness (QED) is 0.852. The van der Waals surface area contributed by atoms with E-state index in [2.05, 4.69) is 10.5 Å². The summed E-state index contributed by atoms with van der Waals surface area (Å²) in [4.78, 5) is 28.2. The molecule has 0 atom stereocenters. The van der Waals surface area contributed by atoms with Crippen LogP contribution in [-0.4, -0.2) is 59.6 Å². The highest BCUT2D eigenvalue weighted by atomic mass is 16.5. The van der Waals surface area contributed by atoms with E-state index in [0.717, 1.165) is 17.0 Å². The molecule has 0 radical (unpaired) electrons. The van der Waals surface area contributed by atoms with Gasteiger partial charge in [0.25, 0.3) is 5.91 Å². The Morgan fingerprint density at radius 2 is 1.89 bits per heavy atom. The maximum absolute atomic E-state index is 12.8. The normalized spacial score (nSPS) is 14.1. The number of hydrogen-bond donors (Lipinski definition) is 1. The van der Waals surface area contributed by atoms with Gasteiger partial charge in [-0.3, -0.25) is 4.79 Å². The van der Waals surface area contributed by atoms with E-state index >= 15 is 0 Å². The van der Waals surface area contributed by atoms with Crippen LogP contribution in [0.2, 0.25) is 0 Å². The average Bonchev–Trinajstić information content (AvgIpc) is 3.04. The van der Waals surface area contributed by atoms with E-state index in [1.807, 2.05) is 26.8 Å². The van der Waals surface area contributed by atoms with Gasteiger partial charge in [0, 0.05) is 38.3 Å². The molecule has 1 aliphatic rings. The summed E-state index contributed by atoms with van der Waals surface area (Å²) >= 11 is 0. The molecule has 1 aromatic heterocycles. The number of carbonyl (C=O) groups is 2. The molecule has 3 rings (SSSR count). The van der Waals surface area contributed by atoms with E-state index in [-0.39, 0.29) is 11.9 Å². The van der Waals surface area contributed by atoms with Crippen molar-refractivity contribution in [3.8, 4) is 5.75 Å². The van der Waals surface area contributed by atoms with E-state index in [9.17, 15) is 9.59 Å². The molecule has 1 aromatic carbocycles. The predicted molar refractivity (Wildman–Crippen MR) is 103 cm³/mol. The summed E-state index contributed by atoms with van der Waals surface area (Å²) in [5.74, 6) is 1.29. The van der Waals surface area contributed by atoms with Crippen LogP contribution in [0.1, 0.15) is 34.3 Å². The molecule has 1 saturated heterocycles. The second kappa shape index (κ2) is 8.77. The lowest BCUT2D eigenvalue weighted by molar-refractivity contribution is 0.0665. The first-order chi connectivity index (χ1) is 13.5. The molecule has 2 aromatic rings. The zero-order valence-corrected chi connectivity index (χ0v) is 16.5.